The third-order valence-corrected chi connectivity index (χ3v) is 3.39. The Morgan fingerprint density at radius 3 is 2.26 bits per heavy atom. The Morgan fingerprint density at radius 1 is 1.17 bits per heavy atom. The largest absolute Gasteiger partial charge is 0.394 e. The van der Waals surface area contributed by atoms with Gasteiger partial charge < -0.3 is 20.5 Å². The molecule has 6 nitrogen and oxygen atoms in total. The number of hydrogen-bond acceptors (Lipinski definition) is 4. The predicted molar refractivity (Wildman–Crippen MR) is 91.0 cm³/mol. The molecule has 6 heteroatoms. The van der Waals surface area contributed by atoms with Crippen molar-refractivity contribution in [3.05, 3.63) is 0 Å². The molecule has 0 aliphatic rings. The van der Waals surface area contributed by atoms with Crippen molar-refractivity contribution < 1.29 is 19.4 Å². The first-order valence-electron chi connectivity index (χ1n) is 8.38. The fourth-order valence-electron chi connectivity index (χ4n) is 2.39. The molecule has 0 rings (SSSR count). The lowest BCUT2D eigenvalue weighted by atomic mass is 9.83. The SMILES string of the molecule is CC(C)CC(C)(C)C(=O)NCCC(=O)NC(CO)COC(C)C. The highest BCUT2D eigenvalue weighted by Gasteiger charge is 2.28. The highest BCUT2D eigenvalue weighted by Crippen LogP contribution is 2.25. The zero-order chi connectivity index (χ0) is 18.0. The molecule has 23 heavy (non-hydrogen) atoms. The van der Waals surface area contributed by atoms with Gasteiger partial charge in [-0.05, 0) is 26.2 Å². The number of ether oxygens (including phenoxy) is 1. The zero-order valence-electron chi connectivity index (χ0n) is 15.4. The summed E-state index contributed by atoms with van der Waals surface area (Å²) in [6, 6.07) is -0.419. The van der Waals surface area contributed by atoms with Crippen LogP contribution in [0, 0.1) is 11.3 Å². The van der Waals surface area contributed by atoms with Crippen LogP contribution in [0.5, 0.6) is 0 Å². The summed E-state index contributed by atoms with van der Waals surface area (Å²) in [5.41, 5.74) is -0.441. The maximum absolute atomic E-state index is 12.1. The molecule has 0 aliphatic heterocycles. The Kier molecular flexibility index (Phi) is 10.1. The second-order valence-corrected chi connectivity index (χ2v) is 7.32. The van der Waals surface area contributed by atoms with Gasteiger partial charge in [-0.3, -0.25) is 9.59 Å². The maximum atomic E-state index is 12.1. The number of hydrogen-bond donors (Lipinski definition) is 3. The molecular formula is C17H34N2O4. The van der Waals surface area contributed by atoms with E-state index in [0.717, 1.165) is 6.42 Å². The summed E-state index contributed by atoms with van der Waals surface area (Å²) in [5.74, 6) is 0.185. The normalized spacial score (nSPS) is 13.3. The van der Waals surface area contributed by atoms with Crippen LogP contribution in [0.25, 0.3) is 0 Å². The lowest BCUT2D eigenvalue weighted by Gasteiger charge is -2.25. The second kappa shape index (κ2) is 10.6. The van der Waals surface area contributed by atoms with Crippen molar-refractivity contribution in [1.82, 2.24) is 10.6 Å². The summed E-state index contributed by atoms with van der Waals surface area (Å²) in [6.07, 6.45) is 1.02. The lowest BCUT2D eigenvalue weighted by Crippen LogP contribution is -2.43. The molecule has 1 atom stereocenters. The summed E-state index contributed by atoms with van der Waals surface area (Å²) in [4.78, 5) is 24.0. The van der Waals surface area contributed by atoms with Crippen LogP contribution in [-0.4, -0.2) is 48.8 Å². The van der Waals surface area contributed by atoms with Gasteiger partial charge in [0.2, 0.25) is 11.8 Å². The van der Waals surface area contributed by atoms with E-state index in [1.165, 1.54) is 0 Å². The highest BCUT2D eigenvalue weighted by atomic mass is 16.5. The van der Waals surface area contributed by atoms with E-state index < -0.39 is 11.5 Å². The van der Waals surface area contributed by atoms with Crippen molar-refractivity contribution in [3.63, 3.8) is 0 Å². The quantitative estimate of drug-likeness (QED) is 0.535. The van der Waals surface area contributed by atoms with E-state index >= 15 is 0 Å². The molecule has 0 bridgehead atoms. The van der Waals surface area contributed by atoms with E-state index in [9.17, 15) is 14.7 Å². The van der Waals surface area contributed by atoms with Crippen molar-refractivity contribution >= 4 is 11.8 Å². The van der Waals surface area contributed by atoms with E-state index in [4.69, 9.17) is 4.74 Å². The molecular weight excluding hydrogens is 296 g/mol. The van der Waals surface area contributed by atoms with Crippen LogP contribution >= 0.6 is 0 Å². The zero-order valence-corrected chi connectivity index (χ0v) is 15.4. The Balaban J connectivity index is 4.12. The van der Waals surface area contributed by atoms with Crippen LogP contribution < -0.4 is 10.6 Å². The van der Waals surface area contributed by atoms with Crippen molar-refractivity contribution in [1.29, 1.82) is 0 Å². The van der Waals surface area contributed by atoms with Gasteiger partial charge in [0.1, 0.15) is 0 Å². The minimum absolute atomic E-state index is 0.0409. The van der Waals surface area contributed by atoms with E-state index in [2.05, 4.69) is 24.5 Å². The van der Waals surface area contributed by atoms with Crippen molar-refractivity contribution in [2.45, 2.75) is 66.5 Å². The molecule has 0 aromatic heterocycles. The fraction of sp³-hybridized carbons (Fsp3) is 0.882. The summed E-state index contributed by atoms with van der Waals surface area (Å²) in [7, 11) is 0. The third-order valence-electron chi connectivity index (χ3n) is 3.39. The van der Waals surface area contributed by atoms with Crippen LogP contribution in [0.4, 0.5) is 0 Å². The summed E-state index contributed by atoms with van der Waals surface area (Å²) < 4.78 is 5.38. The molecule has 3 N–H and O–H groups in total. The molecule has 2 amide bonds. The van der Waals surface area contributed by atoms with E-state index in [0.29, 0.717) is 5.92 Å². The van der Waals surface area contributed by atoms with Crippen molar-refractivity contribution in [2.24, 2.45) is 11.3 Å². The molecule has 0 saturated carbocycles. The van der Waals surface area contributed by atoms with Crippen LogP contribution in [0.1, 0.15) is 54.4 Å². The van der Waals surface area contributed by atoms with E-state index in [1.807, 2.05) is 27.7 Å². The molecule has 0 aromatic rings. The van der Waals surface area contributed by atoms with E-state index in [-0.39, 0.29) is 44.1 Å². The number of aliphatic hydroxyl groups is 1. The first-order valence-corrected chi connectivity index (χ1v) is 8.38. The van der Waals surface area contributed by atoms with Crippen molar-refractivity contribution in [3.8, 4) is 0 Å². The first kappa shape index (κ1) is 21.9. The Labute approximate surface area is 140 Å². The minimum Gasteiger partial charge on any atom is -0.394 e. The summed E-state index contributed by atoms with van der Waals surface area (Å²) in [6.45, 7) is 12.2. The van der Waals surface area contributed by atoms with Crippen LogP contribution in [-0.2, 0) is 14.3 Å². The van der Waals surface area contributed by atoms with Crippen LogP contribution in [0.2, 0.25) is 0 Å². The monoisotopic (exact) mass is 330 g/mol. The molecule has 0 spiro atoms. The maximum Gasteiger partial charge on any atom is 0.225 e. The Hall–Kier alpha value is -1.14. The third kappa shape index (κ3) is 10.3. The predicted octanol–water partition coefficient (Wildman–Crippen LogP) is 1.47. The number of nitrogens with one attached hydrogen (secondary N) is 2. The van der Waals surface area contributed by atoms with Gasteiger partial charge in [-0.25, -0.2) is 0 Å². The molecule has 0 saturated heterocycles. The van der Waals surface area contributed by atoms with Gasteiger partial charge in [0.25, 0.3) is 0 Å². The van der Waals surface area contributed by atoms with Gasteiger partial charge in [0.05, 0.1) is 25.4 Å². The van der Waals surface area contributed by atoms with Gasteiger partial charge in [0.15, 0.2) is 0 Å². The van der Waals surface area contributed by atoms with Gasteiger partial charge in [-0.1, -0.05) is 27.7 Å². The van der Waals surface area contributed by atoms with Crippen LogP contribution in [0.15, 0.2) is 0 Å². The van der Waals surface area contributed by atoms with Crippen molar-refractivity contribution in [2.75, 3.05) is 19.8 Å². The van der Waals surface area contributed by atoms with Gasteiger partial charge in [-0.2, -0.15) is 0 Å². The van der Waals surface area contributed by atoms with Gasteiger partial charge in [0, 0.05) is 18.4 Å². The number of carbonyl (C=O) groups excluding carboxylic acids is 2. The average molecular weight is 330 g/mol. The molecule has 136 valence electrons. The summed E-state index contributed by atoms with van der Waals surface area (Å²) >= 11 is 0. The van der Waals surface area contributed by atoms with Gasteiger partial charge in [-0.15, -0.1) is 0 Å². The topological polar surface area (TPSA) is 87.7 Å². The average Bonchev–Trinajstić information content (AvgIpc) is 2.41. The first-order chi connectivity index (χ1) is 10.6. The fourth-order valence-corrected chi connectivity index (χ4v) is 2.39. The Bertz CT molecular complexity index is 368. The molecule has 0 radical (unpaired) electrons. The molecule has 0 heterocycles. The van der Waals surface area contributed by atoms with Crippen LogP contribution in [0.3, 0.4) is 0 Å². The molecule has 0 aromatic carbocycles. The number of amides is 2. The smallest absolute Gasteiger partial charge is 0.225 e. The lowest BCUT2D eigenvalue weighted by molar-refractivity contribution is -0.130. The Morgan fingerprint density at radius 2 is 1.78 bits per heavy atom. The molecule has 0 fully saturated rings. The highest BCUT2D eigenvalue weighted by molar-refractivity contribution is 5.82. The van der Waals surface area contributed by atoms with E-state index in [1.54, 1.807) is 0 Å². The number of aliphatic hydroxyl groups excluding tert-OH is 1. The molecule has 0 aliphatic carbocycles. The second-order valence-electron chi connectivity index (χ2n) is 7.32. The van der Waals surface area contributed by atoms with Gasteiger partial charge >= 0.3 is 0 Å². The number of carbonyl (C=O) groups is 2. The standard InChI is InChI=1S/C17H34N2O4/c1-12(2)9-17(5,6)16(22)18-8-7-15(21)19-14(10-20)11-23-13(3)4/h12-14,20H,7-11H2,1-6H3,(H,18,22)(H,19,21). The minimum atomic E-state index is -0.441. The molecule has 1 unspecified atom stereocenters. The number of rotatable bonds is 11. The summed E-state index contributed by atoms with van der Waals surface area (Å²) in [5, 5.41) is 14.7.